The molecule has 3 rings (SSSR count). The van der Waals surface area contributed by atoms with E-state index in [1.807, 2.05) is 49.4 Å². The van der Waals surface area contributed by atoms with Crippen LogP contribution in [-0.4, -0.2) is 22.1 Å². The van der Waals surface area contributed by atoms with Gasteiger partial charge in [0.15, 0.2) is 0 Å². The maximum absolute atomic E-state index is 13.3. The minimum atomic E-state index is -3.76. The molecule has 0 saturated carbocycles. The van der Waals surface area contributed by atoms with Gasteiger partial charge in [0.25, 0.3) is 0 Å². The predicted molar refractivity (Wildman–Crippen MR) is 127 cm³/mol. The molecule has 0 N–H and O–H groups in total. The van der Waals surface area contributed by atoms with E-state index < -0.39 is 23.7 Å². The van der Waals surface area contributed by atoms with Crippen molar-refractivity contribution in [3.05, 3.63) is 89.0 Å². The normalized spacial score (nSPS) is 12.8. The Balaban J connectivity index is 2.31. The van der Waals surface area contributed by atoms with E-state index in [0.717, 1.165) is 33.7 Å². The Morgan fingerprint density at radius 3 is 1.87 bits per heavy atom. The average Bonchev–Trinajstić information content (AvgIpc) is 2.77. The van der Waals surface area contributed by atoms with E-state index in [9.17, 15) is 8.42 Å². The standard InChI is InChI=1S/C25H29NO2SSe/c1-5-20-17-21(6-2)25(22(7-3)18-20)30(24-11-9-8-10-12-24)26-29(27,28)23-15-13-19(4)14-16-23/h8-18H,5-7H2,1-4H3. The van der Waals surface area contributed by atoms with Crippen LogP contribution in [0.1, 0.15) is 43.0 Å². The molecule has 0 radical (unpaired) electrons. The molecule has 0 aromatic heterocycles. The Labute approximate surface area is 184 Å². The van der Waals surface area contributed by atoms with Crippen molar-refractivity contribution in [1.29, 1.82) is 0 Å². The molecule has 0 heterocycles. The van der Waals surface area contributed by atoms with Crippen molar-refractivity contribution in [3.8, 4) is 0 Å². The zero-order chi connectivity index (χ0) is 21.7. The molecule has 30 heavy (non-hydrogen) atoms. The van der Waals surface area contributed by atoms with Gasteiger partial charge in [-0.1, -0.05) is 0 Å². The van der Waals surface area contributed by atoms with E-state index in [1.165, 1.54) is 16.7 Å². The van der Waals surface area contributed by atoms with Crippen LogP contribution in [0.15, 0.2) is 75.0 Å². The molecule has 0 saturated heterocycles. The summed E-state index contributed by atoms with van der Waals surface area (Å²) < 4.78 is 33.4. The van der Waals surface area contributed by atoms with Crippen molar-refractivity contribution in [1.82, 2.24) is 0 Å². The number of benzene rings is 3. The fraction of sp³-hybridized carbons (Fsp3) is 0.280. The van der Waals surface area contributed by atoms with E-state index >= 15 is 0 Å². The second kappa shape index (κ2) is 9.82. The molecule has 0 aliphatic rings. The Morgan fingerprint density at radius 1 is 0.800 bits per heavy atom. The van der Waals surface area contributed by atoms with Crippen LogP contribution in [0.2, 0.25) is 0 Å². The molecule has 1 atom stereocenters. The van der Waals surface area contributed by atoms with Crippen molar-refractivity contribution in [2.75, 3.05) is 0 Å². The number of nitrogens with zero attached hydrogens (tertiary/aromatic N) is 1. The average molecular weight is 487 g/mol. The number of rotatable bonds is 7. The van der Waals surface area contributed by atoms with Crippen LogP contribution in [0.4, 0.5) is 0 Å². The third-order valence-electron chi connectivity index (χ3n) is 5.12. The van der Waals surface area contributed by atoms with Crippen LogP contribution in [0.5, 0.6) is 0 Å². The molecule has 3 aromatic rings. The van der Waals surface area contributed by atoms with Crippen LogP contribution < -0.4 is 8.92 Å². The minimum absolute atomic E-state index is 0.263. The fourth-order valence-corrected chi connectivity index (χ4v) is 10.4. The summed E-state index contributed by atoms with van der Waals surface area (Å²) in [5.41, 5.74) is 4.78. The molecule has 1 unspecified atom stereocenters. The van der Waals surface area contributed by atoms with E-state index in [4.69, 9.17) is 0 Å². The Morgan fingerprint density at radius 2 is 1.37 bits per heavy atom. The first-order valence-electron chi connectivity index (χ1n) is 10.4. The monoisotopic (exact) mass is 487 g/mol. The van der Waals surface area contributed by atoms with Crippen LogP contribution in [0.25, 0.3) is 0 Å². The van der Waals surface area contributed by atoms with Gasteiger partial charge >= 0.3 is 185 Å². The van der Waals surface area contributed by atoms with Gasteiger partial charge in [0.05, 0.1) is 0 Å². The van der Waals surface area contributed by atoms with Gasteiger partial charge in [0.2, 0.25) is 0 Å². The van der Waals surface area contributed by atoms with E-state index in [-0.39, 0.29) is 4.90 Å². The van der Waals surface area contributed by atoms with E-state index in [2.05, 4.69) is 36.3 Å². The Kier molecular flexibility index (Phi) is 7.40. The fourth-order valence-electron chi connectivity index (χ4n) is 3.40. The van der Waals surface area contributed by atoms with Crippen LogP contribution >= 0.6 is 0 Å². The van der Waals surface area contributed by atoms with Gasteiger partial charge in [-0.05, 0) is 0 Å². The molecule has 3 nitrogen and oxygen atoms in total. The summed E-state index contributed by atoms with van der Waals surface area (Å²) in [5.74, 6) is 0. The SMILES string of the molecule is CCc1cc(CC)c(/[Se](=N/S(=O)(=O)c2ccc(C)cc2)c2ccccc2)c(CC)c1. The predicted octanol–water partition coefficient (Wildman–Crippen LogP) is 4.45. The van der Waals surface area contributed by atoms with E-state index in [1.54, 1.807) is 12.1 Å². The van der Waals surface area contributed by atoms with Crippen molar-refractivity contribution >= 4 is 32.7 Å². The summed E-state index contributed by atoms with van der Waals surface area (Å²) in [5, 5.41) is 0. The zero-order valence-corrected chi connectivity index (χ0v) is 20.6. The van der Waals surface area contributed by atoms with Gasteiger partial charge in [-0.2, -0.15) is 0 Å². The zero-order valence-electron chi connectivity index (χ0n) is 18.1. The van der Waals surface area contributed by atoms with Gasteiger partial charge < -0.3 is 0 Å². The summed E-state index contributed by atoms with van der Waals surface area (Å²) in [6.45, 7) is 8.39. The Hall–Kier alpha value is -2.07. The molecule has 3 aromatic carbocycles. The third kappa shape index (κ3) is 4.97. The summed E-state index contributed by atoms with van der Waals surface area (Å²) in [7, 11) is -3.76. The quantitative estimate of drug-likeness (QED) is 0.464. The first-order chi connectivity index (χ1) is 14.4. The molecule has 158 valence electrons. The van der Waals surface area contributed by atoms with Gasteiger partial charge in [0.1, 0.15) is 0 Å². The number of hydrogen-bond acceptors (Lipinski definition) is 2. The molecule has 0 amide bonds. The van der Waals surface area contributed by atoms with Crippen molar-refractivity contribution in [3.63, 3.8) is 0 Å². The molecule has 0 aliphatic carbocycles. The Bertz CT molecular complexity index is 1130. The second-order valence-corrected chi connectivity index (χ2v) is 12.8. The topological polar surface area (TPSA) is 46.5 Å². The third-order valence-corrected chi connectivity index (χ3v) is 11.9. The van der Waals surface area contributed by atoms with Crippen molar-refractivity contribution in [2.45, 2.75) is 51.9 Å². The van der Waals surface area contributed by atoms with Crippen molar-refractivity contribution < 1.29 is 8.42 Å². The van der Waals surface area contributed by atoms with E-state index in [0.29, 0.717) is 0 Å². The first kappa shape index (κ1) is 22.6. The number of aryl methyl sites for hydroxylation is 4. The van der Waals surface area contributed by atoms with Gasteiger partial charge in [0, 0.05) is 0 Å². The van der Waals surface area contributed by atoms with Crippen LogP contribution in [-0.2, 0) is 29.3 Å². The summed E-state index contributed by atoms with van der Waals surface area (Å²) in [6.07, 6.45) is 2.70. The summed E-state index contributed by atoms with van der Waals surface area (Å²) in [6, 6.07) is 21.4. The van der Waals surface area contributed by atoms with Crippen LogP contribution in [0, 0.1) is 6.92 Å². The molecule has 0 bridgehead atoms. The van der Waals surface area contributed by atoms with Crippen LogP contribution in [0.3, 0.4) is 0 Å². The first-order valence-corrected chi connectivity index (χ1v) is 14.3. The van der Waals surface area contributed by atoms with Gasteiger partial charge in [-0.25, -0.2) is 0 Å². The van der Waals surface area contributed by atoms with Gasteiger partial charge in [-0.15, -0.1) is 0 Å². The molecular formula is C25H29NO2SSe. The molecule has 5 heteroatoms. The molecule has 0 fully saturated rings. The molecule has 0 spiro atoms. The van der Waals surface area contributed by atoms with Crippen molar-refractivity contribution in [2.24, 2.45) is 3.37 Å². The summed E-state index contributed by atoms with van der Waals surface area (Å²) >= 11 is -2.19. The summed E-state index contributed by atoms with van der Waals surface area (Å²) in [4.78, 5) is 0.263. The molecular weight excluding hydrogens is 457 g/mol. The van der Waals surface area contributed by atoms with Gasteiger partial charge in [-0.3, -0.25) is 0 Å². The maximum atomic E-state index is 13.3. The molecule has 0 aliphatic heterocycles. The number of hydrogen-bond donors (Lipinski definition) is 0. The number of sulfonamides is 1. The second-order valence-electron chi connectivity index (χ2n) is 7.26.